The van der Waals surface area contributed by atoms with Gasteiger partial charge in [0.05, 0.1) is 4.91 Å². The lowest BCUT2D eigenvalue weighted by Crippen LogP contribution is -2.29. The Kier molecular flexibility index (Phi) is 5.18. The van der Waals surface area contributed by atoms with Crippen molar-refractivity contribution in [3.63, 3.8) is 0 Å². The van der Waals surface area contributed by atoms with Gasteiger partial charge in [-0.3, -0.25) is 14.5 Å². The second-order valence-electron chi connectivity index (χ2n) is 4.70. The molecule has 7 heteroatoms. The van der Waals surface area contributed by atoms with Crippen LogP contribution >= 0.6 is 35.3 Å². The zero-order chi connectivity index (χ0) is 15.6. The van der Waals surface area contributed by atoms with Crippen LogP contribution in [0.1, 0.15) is 28.2 Å². The van der Waals surface area contributed by atoms with Crippen LogP contribution in [0.3, 0.4) is 0 Å². The van der Waals surface area contributed by atoms with Gasteiger partial charge in [-0.25, -0.2) is 0 Å². The summed E-state index contributed by atoms with van der Waals surface area (Å²) >= 11 is 8.19. The number of aliphatic carboxylic acids is 1. The highest BCUT2D eigenvalue weighted by Gasteiger charge is 2.31. The summed E-state index contributed by atoms with van der Waals surface area (Å²) in [7, 11) is 0. The zero-order valence-electron chi connectivity index (χ0n) is 11.7. The smallest absolute Gasteiger partial charge is 0.303 e. The van der Waals surface area contributed by atoms with Crippen molar-refractivity contribution >= 4 is 57.6 Å². The number of amides is 1. The van der Waals surface area contributed by atoms with Crippen molar-refractivity contribution in [2.75, 3.05) is 6.54 Å². The van der Waals surface area contributed by atoms with Crippen LogP contribution in [0.2, 0.25) is 0 Å². The second-order valence-corrected chi connectivity index (χ2v) is 7.84. The Morgan fingerprint density at radius 2 is 2.19 bits per heavy atom. The molecule has 1 fully saturated rings. The number of thiocarbonyl (C=S) groups is 1. The molecule has 1 N–H and O–H groups in total. The fourth-order valence-electron chi connectivity index (χ4n) is 2.02. The van der Waals surface area contributed by atoms with Gasteiger partial charge in [0.1, 0.15) is 4.32 Å². The first-order chi connectivity index (χ1) is 9.88. The maximum absolute atomic E-state index is 12.3. The molecule has 0 radical (unpaired) electrons. The summed E-state index contributed by atoms with van der Waals surface area (Å²) in [5.41, 5.74) is 1.04. The molecule has 4 nitrogen and oxygen atoms in total. The van der Waals surface area contributed by atoms with Gasteiger partial charge in [0.25, 0.3) is 5.91 Å². The quantitative estimate of drug-likeness (QED) is 0.657. The van der Waals surface area contributed by atoms with Crippen LogP contribution in [0.25, 0.3) is 6.08 Å². The Labute approximate surface area is 136 Å². The summed E-state index contributed by atoms with van der Waals surface area (Å²) in [6, 6.07) is 2.05. The standard InChI is InChI=1S/C14H15NO3S3/c1-8-6-10(9(2)20-8)7-11-13(18)15(14(19)21-11)5-3-4-12(16)17/h6-7H,3-5H2,1-2H3,(H,16,17)/b11-7+. The van der Waals surface area contributed by atoms with Crippen LogP contribution in [-0.2, 0) is 9.59 Å². The molecule has 1 aliphatic heterocycles. The van der Waals surface area contributed by atoms with E-state index in [0.717, 1.165) is 5.56 Å². The summed E-state index contributed by atoms with van der Waals surface area (Å²) in [4.78, 5) is 27.3. The summed E-state index contributed by atoms with van der Waals surface area (Å²) in [6.45, 7) is 4.42. The molecule has 1 aromatic rings. The minimum absolute atomic E-state index is 0.0406. The number of carbonyl (C=O) groups is 2. The van der Waals surface area contributed by atoms with Crippen molar-refractivity contribution in [1.82, 2.24) is 4.90 Å². The molecule has 0 spiro atoms. The largest absolute Gasteiger partial charge is 0.481 e. The van der Waals surface area contributed by atoms with E-state index in [1.54, 1.807) is 11.3 Å². The van der Waals surface area contributed by atoms with Crippen LogP contribution in [-0.4, -0.2) is 32.7 Å². The molecule has 112 valence electrons. The highest BCUT2D eigenvalue weighted by atomic mass is 32.2. The normalized spacial score (nSPS) is 17.0. The third-order valence-corrected chi connectivity index (χ3v) is 5.37. The summed E-state index contributed by atoms with van der Waals surface area (Å²) < 4.78 is 0.501. The van der Waals surface area contributed by atoms with Crippen molar-refractivity contribution < 1.29 is 14.7 Å². The monoisotopic (exact) mass is 341 g/mol. The summed E-state index contributed by atoms with van der Waals surface area (Å²) in [6.07, 6.45) is 2.32. The van der Waals surface area contributed by atoms with Gasteiger partial charge in [-0.05, 0) is 38.0 Å². The van der Waals surface area contributed by atoms with E-state index in [0.29, 0.717) is 22.2 Å². The first-order valence-electron chi connectivity index (χ1n) is 6.42. The number of hydrogen-bond donors (Lipinski definition) is 1. The van der Waals surface area contributed by atoms with Crippen LogP contribution < -0.4 is 0 Å². The van der Waals surface area contributed by atoms with Gasteiger partial charge in [-0.2, -0.15) is 0 Å². The fraction of sp³-hybridized carbons (Fsp3) is 0.357. The lowest BCUT2D eigenvalue weighted by atomic mass is 10.2. The average Bonchev–Trinajstić information content (AvgIpc) is 2.83. The number of nitrogens with zero attached hydrogens (tertiary/aromatic N) is 1. The Morgan fingerprint density at radius 3 is 2.76 bits per heavy atom. The molecule has 0 unspecified atom stereocenters. The lowest BCUT2D eigenvalue weighted by Gasteiger charge is -2.13. The van der Waals surface area contributed by atoms with E-state index in [4.69, 9.17) is 17.3 Å². The van der Waals surface area contributed by atoms with Crippen molar-refractivity contribution in [3.05, 3.63) is 26.3 Å². The van der Waals surface area contributed by atoms with Gasteiger partial charge in [0.15, 0.2) is 0 Å². The number of aryl methyl sites for hydroxylation is 2. The van der Waals surface area contributed by atoms with Crippen LogP contribution in [0.15, 0.2) is 11.0 Å². The molecule has 1 aliphatic rings. The number of carbonyl (C=O) groups excluding carboxylic acids is 1. The van der Waals surface area contributed by atoms with Gasteiger partial charge in [0.2, 0.25) is 0 Å². The van der Waals surface area contributed by atoms with Crippen LogP contribution in [0.5, 0.6) is 0 Å². The molecule has 21 heavy (non-hydrogen) atoms. The molecule has 0 atom stereocenters. The highest BCUT2D eigenvalue weighted by Crippen LogP contribution is 2.34. The van der Waals surface area contributed by atoms with E-state index in [2.05, 4.69) is 6.07 Å². The van der Waals surface area contributed by atoms with Crippen molar-refractivity contribution in [1.29, 1.82) is 0 Å². The van der Waals surface area contributed by atoms with Crippen molar-refractivity contribution in [2.24, 2.45) is 0 Å². The van der Waals surface area contributed by atoms with Gasteiger partial charge >= 0.3 is 5.97 Å². The molecule has 2 heterocycles. The molecule has 1 saturated heterocycles. The van der Waals surface area contributed by atoms with Gasteiger partial charge < -0.3 is 5.11 Å². The molecule has 1 aromatic heterocycles. The summed E-state index contributed by atoms with van der Waals surface area (Å²) in [5, 5.41) is 8.65. The average molecular weight is 341 g/mol. The van der Waals surface area contributed by atoms with Gasteiger partial charge in [-0.1, -0.05) is 24.0 Å². The molecule has 2 rings (SSSR count). The Morgan fingerprint density at radius 1 is 1.48 bits per heavy atom. The third-order valence-electron chi connectivity index (χ3n) is 3.01. The first kappa shape index (κ1) is 16.2. The Bertz CT molecular complexity index is 633. The Balaban J connectivity index is 2.10. The maximum atomic E-state index is 12.3. The third kappa shape index (κ3) is 3.93. The molecular weight excluding hydrogens is 326 g/mol. The number of carboxylic acids is 1. The number of carboxylic acid groups (broad SMARTS) is 1. The van der Waals surface area contributed by atoms with E-state index in [-0.39, 0.29) is 12.3 Å². The fourth-order valence-corrected chi connectivity index (χ4v) is 4.22. The molecule has 1 amide bonds. The summed E-state index contributed by atoms with van der Waals surface area (Å²) in [5.74, 6) is -0.987. The van der Waals surface area contributed by atoms with Gasteiger partial charge in [0, 0.05) is 22.7 Å². The zero-order valence-corrected chi connectivity index (χ0v) is 14.2. The predicted molar refractivity (Wildman–Crippen MR) is 90.5 cm³/mol. The number of hydrogen-bond acceptors (Lipinski definition) is 5. The maximum Gasteiger partial charge on any atom is 0.303 e. The van der Waals surface area contributed by atoms with E-state index in [9.17, 15) is 9.59 Å². The van der Waals surface area contributed by atoms with Crippen molar-refractivity contribution in [2.45, 2.75) is 26.7 Å². The number of rotatable bonds is 5. The van der Waals surface area contributed by atoms with Crippen molar-refractivity contribution in [3.8, 4) is 0 Å². The molecule has 0 saturated carbocycles. The highest BCUT2D eigenvalue weighted by molar-refractivity contribution is 8.26. The minimum atomic E-state index is -0.861. The second kappa shape index (κ2) is 6.72. The lowest BCUT2D eigenvalue weighted by molar-refractivity contribution is -0.137. The van der Waals surface area contributed by atoms with Gasteiger partial charge in [-0.15, -0.1) is 11.3 Å². The molecule has 0 aromatic carbocycles. The Hall–Kier alpha value is -1.18. The van der Waals surface area contributed by atoms with Crippen LogP contribution in [0, 0.1) is 13.8 Å². The number of thioether (sulfide) groups is 1. The predicted octanol–water partition coefficient (Wildman–Crippen LogP) is 3.43. The SMILES string of the molecule is Cc1cc(/C=C2/SC(=S)N(CCCC(=O)O)C2=O)c(C)s1. The van der Waals surface area contributed by atoms with E-state index in [1.807, 2.05) is 19.9 Å². The van der Waals surface area contributed by atoms with Crippen LogP contribution in [0.4, 0.5) is 0 Å². The number of thiophene rings is 1. The molecular formula is C14H15NO3S3. The van der Waals surface area contributed by atoms with E-state index < -0.39 is 5.97 Å². The first-order valence-corrected chi connectivity index (χ1v) is 8.47. The van der Waals surface area contributed by atoms with E-state index in [1.165, 1.54) is 26.4 Å². The molecule has 0 bridgehead atoms. The topological polar surface area (TPSA) is 57.6 Å². The molecule has 0 aliphatic carbocycles. The minimum Gasteiger partial charge on any atom is -0.481 e. The van der Waals surface area contributed by atoms with E-state index >= 15 is 0 Å².